The second-order valence-electron chi connectivity index (χ2n) is 5.49. The van der Waals surface area contributed by atoms with E-state index in [1.807, 2.05) is 25.3 Å². The highest BCUT2D eigenvalue weighted by atomic mass is 15.3. The van der Waals surface area contributed by atoms with Gasteiger partial charge < -0.3 is 4.90 Å². The second-order valence-corrected chi connectivity index (χ2v) is 5.49. The van der Waals surface area contributed by atoms with Crippen molar-refractivity contribution in [2.45, 2.75) is 26.2 Å². The van der Waals surface area contributed by atoms with Crippen molar-refractivity contribution in [3.63, 3.8) is 0 Å². The van der Waals surface area contributed by atoms with Crippen LogP contribution in [0.3, 0.4) is 0 Å². The molecule has 0 aromatic carbocycles. The van der Waals surface area contributed by atoms with Gasteiger partial charge in [0.05, 0.1) is 5.69 Å². The molecule has 0 unspecified atom stereocenters. The third kappa shape index (κ3) is 3.13. The molecule has 0 bridgehead atoms. The molecular formula is C16H20N4. The van der Waals surface area contributed by atoms with Crippen LogP contribution in [0.1, 0.15) is 24.2 Å². The van der Waals surface area contributed by atoms with E-state index in [2.05, 4.69) is 38.3 Å². The number of hydrogen-bond acceptors (Lipinski definition) is 4. The van der Waals surface area contributed by atoms with Crippen LogP contribution in [-0.4, -0.2) is 28.3 Å². The number of pyridine rings is 1. The summed E-state index contributed by atoms with van der Waals surface area (Å²) in [6.45, 7) is 4.10. The van der Waals surface area contributed by atoms with E-state index >= 15 is 0 Å². The molecule has 4 heteroatoms. The van der Waals surface area contributed by atoms with Gasteiger partial charge in [0, 0.05) is 25.0 Å². The van der Waals surface area contributed by atoms with E-state index in [1.54, 1.807) is 0 Å². The number of hydrogen-bond donors (Lipinski definition) is 0. The number of nitrogens with zero attached hydrogens (tertiary/aromatic N) is 4. The predicted octanol–water partition coefficient (Wildman–Crippen LogP) is 2.64. The van der Waals surface area contributed by atoms with Gasteiger partial charge in [-0.25, -0.2) is 0 Å². The molecule has 3 rings (SSSR count). The number of anilines is 1. The number of aryl methyl sites for hydroxylation is 1. The molecule has 3 heterocycles. The Bertz CT molecular complexity index is 530. The zero-order valence-electron chi connectivity index (χ0n) is 11.9. The van der Waals surface area contributed by atoms with Gasteiger partial charge >= 0.3 is 0 Å². The molecule has 1 aliphatic heterocycles. The average Bonchev–Trinajstić information content (AvgIpc) is 2.50. The highest BCUT2D eigenvalue weighted by molar-refractivity contribution is 5.37. The van der Waals surface area contributed by atoms with Crippen molar-refractivity contribution in [1.29, 1.82) is 0 Å². The molecule has 1 fully saturated rings. The Morgan fingerprint density at radius 1 is 1.10 bits per heavy atom. The second kappa shape index (κ2) is 5.99. The lowest BCUT2D eigenvalue weighted by atomic mass is 9.92. The summed E-state index contributed by atoms with van der Waals surface area (Å²) in [5.41, 5.74) is 2.18. The first-order valence-electron chi connectivity index (χ1n) is 7.26. The smallest absolute Gasteiger partial charge is 0.151 e. The minimum absolute atomic E-state index is 0.736. The molecule has 4 nitrogen and oxygen atoms in total. The summed E-state index contributed by atoms with van der Waals surface area (Å²) < 4.78 is 0. The van der Waals surface area contributed by atoms with Crippen molar-refractivity contribution >= 4 is 5.82 Å². The van der Waals surface area contributed by atoms with Crippen molar-refractivity contribution < 1.29 is 0 Å². The number of piperidine rings is 1. The molecule has 0 N–H and O–H groups in total. The van der Waals surface area contributed by atoms with Crippen LogP contribution in [0.5, 0.6) is 0 Å². The van der Waals surface area contributed by atoms with Gasteiger partial charge in [0.2, 0.25) is 0 Å². The van der Waals surface area contributed by atoms with E-state index < -0.39 is 0 Å². The largest absolute Gasteiger partial charge is 0.355 e. The van der Waals surface area contributed by atoms with E-state index in [9.17, 15) is 0 Å². The summed E-state index contributed by atoms with van der Waals surface area (Å²) >= 11 is 0. The van der Waals surface area contributed by atoms with Crippen molar-refractivity contribution in [3.8, 4) is 0 Å². The van der Waals surface area contributed by atoms with Gasteiger partial charge in [-0.3, -0.25) is 4.98 Å². The fourth-order valence-corrected chi connectivity index (χ4v) is 2.74. The standard InChI is InChI=1S/C16H20N4/c1-13-5-6-16(19-18-13)20-10-7-14(8-11-20)12-15-4-2-3-9-17-15/h2-6,9,14H,7-8,10-12H2,1H3. The topological polar surface area (TPSA) is 41.9 Å². The number of aromatic nitrogens is 3. The maximum Gasteiger partial charge on any atom is 0.151 e. The summed E-state index contributed by atoms with van der Waals surface area (Å²) in [5.74, 6) is 1.74. The van der Waals surface area contributed by atoms with Crippen LogP contribution < -0.4 is 4.90 Å². The monoisotopic (exact) mass is 268 g/mol. The molecule has 1 aliphatic rings. The van der Waals surface area contributed by atoms with Gasteiger partial charge in [-0.1, -0.05) is 6.07 Å². The van der Waals surface area contributed by atoms with E-state index in [-0.39, 0.29) is 0 Å². The maximum atomic E-state index is 4.42. The summed E-state index contributed by atoms with van der Waals surface area (Å²) in [6.07, 6.45) is 5.37. The molecule has 0 radical (unpaired) electrons. The molecule has 20 heavy (non-hydrogen) atoms. The van der Waals surface area contributed by atoms with Crippen molar-refractivity contribution in [1.82, 2.24) is 15.2 Å². The zero-order chi connectivity index (χ0) is 13.8. The average molecular weight is 268 g/mol. The Labute approximate surface area is 119 Å². The Morgan fingerprint density at radius 3 is 2.60 bits per heavy atom. The van der Waals surface area contributed by atoms with Gasteiger partial charge in [-0.15, -0.1) is 5.10 Å². The lowest BCUT2D eigenvalue weighted by Gasteiger charge is -2.32. The predicted molar refractivity (Wildman–Crippen MR) is 79.6 cm³/mol. The molecule has 1 saturated heterocycles. The van der Waals surface area contributed by atoms with Crippen molar-refractivity contribution in [3.05, 3.63) is 47.9 Å². The fraction of sp³-hybridized carbons (Fsp3) is 0.438. The number of rotatable bonds is 3. The van der Waals surface area contributed by atoms with E-state index in [1.165, 1.54) is 18.5 Å². The van der Waals surface area contributed by atoms with Crippen LogP contribution in [0.25, 0.3) is 0 Å². The van der Waals surface area contributed by atoms with Gasteiger partial charge in [0.1, 0.15) is 0 Å². The third-order valence-corrected chi connectivity index (χ3v) is 3.95. The van der Waals surface area contributed by atoms with Crippen LogP contribution in [0.15, 0.2) is 36.5 Å². The summed E-state index contributed by atoms with van der Waals surface area (Å²) in [7, 11) is 0. The molecule has 104 valence electrons. The van der Waals surface area contributed by atoms with Crippen LogP contribution in [0.4, 0.5) is 5.82 Å². The summed E-state index contributed by atoms with van der Waals surface area (Å²) in [4.78, 5) is 6.76. The van der Waals surface area contributed by atoms with E-state index in [4.69, 9.17) is 0 Å². The lowest BCUT2D eigenvalue weighted by molar-refractivity contribution is 0.398. The van der Waals surface area contributed by atoms with E-state index in [0.29, 0.717) is 0 Å². The van der Waals surface area contributed by atoms with Crippen molar-refractivity contribution in [2.24, 2.45) is 5.92 Å². The van der Waals surface area contributed by atoms with E-state index in [0.717, 1.165) is 36.9 Å². The molecule has 0 spiro atoms. The highest BCUT2D eigenvalue weighted by Crippen LogP contribution is 2.23. The van der Waals surface area contributed by atoms with Gasteiger partial charge in [-0.2, -0.15) is 5.10 Å². The Kier molecular flexibility index (Phi) is 3.90. The minimum Gasteiger partial charge on any atom is -0.355 e. The summed E-state index contributed by atoms with van der Waals surface area (Å²) in [5, 5.41) is 8.41. The maximum absolute atomic E-state index is 4.42. The highest BCUT2D eigenvalue weighted by Gasteiger charge is 2.20. The zero-order valence-corrected chi connectivity index (χ0v) is 11.9. The Balaban J connectivity index is 1.55. The first-order chi connectivity index (χ1) is 9.81. The molecule has 2 aromatic heterocycles. The molecule has 2 aromatic rings. The van der Waals surface area contributed by atoms with Gasteiger partial charge in [-0.05, 0) is 56.4 Å². The van der Waals surface area contributed by atoms with Gasteiger partial charge in [0.25, 0.3) is 0 Å². The van der Waals surface area contributed by atoms with Crippen LogP contribution >= 0.6 is 0 Å². The molecule has 0 atom stereocenters. The third-order valence-electron chi connectivity index (χ3n) is 3.95. The summed E-state index contributed by atoms with van der Waals surface area (Å²) in [6, 6.07) is 10.3. The Morgan fingerprint density at radius 2 is 1.95 bits per heavy atom. The van der Waals surface area contributed by atoms with Crippen molar-refractivity contribution in [2.75, 3.05) is 18.0 Å². The van der Waals surface area contributed by atoms with Crippen LogP contribution in [0, 0.1) is 12.8 Å². The normalized spacial score (nSPS) is 16.4. The molecule has 0 aliphatic carbocycles. The first kappa shape index (κ1) is 13.0. The van der Waals surface area contributed by atoms with Crippen LogP contribution in [0.2, 0.25) is 0 Å². The lowest BCUT2D eigenvalue weighted by Crippen LogP contribution is -2.35. The van der Waals surface area contributed by atoms with Gasteiger partial charge in [0.15, 0.2) is 5.82 Å². The molecular weight excluding hydrogens is 248 g/mol. The molecule has 0 amide bonds. The quantitative estimate of drug-likeness (QED) is 0.858. The molecule has 0 saturated carbocycles. The minimum atomic E-state index is 0.736. The SMILES string of the molecule is Cc1ccc(N2CCC(Cc3ccccn3)CC2)nn1. The first-order valence-corrected chi connectivity index (χ1v) is 7.26. The fourth-order valence-electron chi connectivity index (χ4n) is 2.74. The Hall–Kier alpha value is -1.97. The van der Waals surface area contributed by atoms with Crippen LogP contribution in [-0.2, 0) is 6.42 Å².